The predicted octanol–water partition coefficient (Wildman–Crippen LogP) is 2.86. The van der Waals surface area contributed by atoms with Crippen molar-refractivity contribution in [2.45, 2.75) is 56.6 Å². The fourth-order valence-electron chi connectivity index (χ4n) is 4.90. The average molecular weight is 405 g/mol. The van der Waals surface area contributed by atoms with E-state index < -0.39 is 5.60 Å². The van der Waals surface area contributed by atoms with E-state index in [1.807, 2.05) is 19.9 Å². The van der Waals surface area contributed by atoms with E-state index in [0.29, 0.717) is 4.82 Å². The molecule has 3 nitrogen and oxygen atoms in total. The quantitative estimate of drug-likeness (QED) is 0.468. The summed E-state index contributed by atoms with van der Waals surface area (Å²) in [6.07, 6.45) is 2.71. The molecule has 1 aromatic carbocycles. The van der Waals surface area contributed by atoms with E-state index >= 15 is 0 Å². The van der Waals surface area contributed by atoms with Crippen molar-refractivity contribution in [1.82, 2.24) is 0 Å². The van der Waals surface area contributed by atoms with Crippen LogP contribution in [0.1, 0.15) is 40.0 Å². The van der Waals surface area contributed by atoms with Gasteiger partial charge in [-0.25, -0.2) is 0 Å². The van der Waals surface area contributed by atoms with Crippen LogP contribution in [0.5, 0.6) is 0 Å². The molecule has 1 aliphatic heterocycles. The Morgan fingerprint density at radius 3 is 2.68 bits per heavy atom. The van der Waals surface area contributed by atoms with Gasteiger partial charge in [0.1, 0.15) is 0 Å². The standard InChI is InChI=1S/C21H26O3Se/c1-12-9-18-16(13(2)20(22)24-18)10-17-15(12)11-19(21(17,3)23)25-14-7-5-4-6-8-14/h4-8,13,16-19,23H,9-11H2,1-3H3/t13-,16+,17+,18-,19-,21-/m0/s1. The number of benzene rings is 1. The Hall–Kier alpha value is -1.09. The third-order valence-corrected chi connectivity index (χ3v) is 9.62. The Bertz CT molecular complexity index is 709. The van der Waals surface area contributed by atoms with E-state index in [9.17, 15) is 9.90 Å². The predicted molar refractivity (Wildman–Crippen MR) is 98.8 cm³/mol. The van der Waals surface area contributed by atoms with Gasteiger partial charge in [-0.15, -0.1) is 0 Å². The number of fused-ring (bicyclic) bond motifs is 2. The number of carbonyl (C=O) groups is 1. The average Bonchev–Trinajstić information content (AvgIpc) is 2.91. The molecule has 2 aliphatic carbocycles. The Kier molecular flexibility index (Phi) is 4.34. The summed E-state index contributed by atoms with van der Waals surface area (Å²) in [6.45, 7) is 6.19. The first-order valence-electron chi connectivity index (χ1n) is 9.21. The molecular weight excluding hydrogens is 379 g/mol. The van der Waals surface area contributed by atoms with E-state index in [-0.39, 0.29) is 44.8 Å². The van der Waals surface area contributed by atoms with Crippen molar-refractivity contribution in [1.29, 1.82) is 0 Å². The van der Waals surface area contributed by atoms with Gasteiger partial charge in [-0.05, 0) is 0 Å². The van der Waals surface area contributed by atoms with Gasteiger partial charge in [0, 0.05) is 0 Å². The van der Waals surface area contributed by atoms with Crippen LogP contribution >= 0.6 is 0 Å². The van der Waals surface area contributed by atoms with Crippen LogP contribution in [0.15, 0.2) is 41.5 Å². The second-order valence-corrected chi connectivity index (χ2v) is 10.8. The maximum atomic E-state index is 12.0. The topological polar surface area (TPSA) is 46.5 Å². The number of hydrogen-bond acceptors (Lipinski definition) is 3. The van der Waals surface area contributed by atoms with E-state index in [2.05, 4.69) is 31.2 Å². The Morgan fingerprint density at radius 2 is 1.96 bits per heavy atom. The third kappa shape index (κ3) is 2.89. The van der Waals surface area contributed by atoms with Gasteiger partial charge in [0.25, 0.3) is 0 Å². The Morgan fingerprint density at radius 1 is 1.24 bits per heavy atom. The first-order valence-corrected chi connectivity index (χ1v) is 11.1. The molecule has 2 fully saturated rings. The fraction of sp³-hybridized carbons (Fsp3) is 0.571. The molecule has 4 rings (SSSR count). The van der Waals surface area contributed by atoms with Gasteiger partial charge in [-0.1, -0.05) is 0 Å². The van der Waals surface area contributed by atoms with Gasteiger partial charge in [-0.2, -0.15) is 0 Å². The van der Waals surface area contributed by atoms with E-state index in [1.54, 1.807) is 0 Å². The van der Waals surface area contributed by atoms with Crippen molar-refractivity contribution < 1.29 is 14.6 Å². The molecule has 0 unspecified atom stereocenters. The van der Waals surface area contributed by atoms with Gasteiger partial charge in [0.2, 0.25) is 0 Å². The molecule has 4 heteroatoms. The molecule has 6 atom stereocenters. The van der Waals surface area contributed by atoms with Crippen molar-refractivity contribution in [3.8, 4) is 0 Å². The molecule has 1 aromatic rings. The number of hydrogen-bond donors (Lipinski definition) is 1. The van der Waals surface area contributed by atoms with Crippen LogP contribution in [-0.4, -0.2) is 37.7 Å². The molecule has 1 heterocycles. The van der Waals surface area contributed by atoms with Crippen molar-refractivity contribution in [3.05, 3.63) is 41.5 Å². The summed E-state index contributed by atoms with van der Waals surface area (Å²) >= 11 is 0.247. The zero-order valence-corrected chi connectivity index (χ0v) is 16.8. The molecule has 134 valence electrons. The van der Waals surface area contributed by atoms with Crippen LogP contribution in [0.3, 0.4) is 0 Å². The summed E-state index contributed by atoms with van der Waals surface area (Å²) < 4.78 is 6.98. The molecule has 0 amide bonds. The number of esters is 1. The van der Waals surface area contributed by atoms with Crippen LogP contribution in [0.2, 0.25) is 4.82 Å². The van der Waals surface area contributed by atoms with Crippen molar-refractivity contribution in [2.75, 3.05) is 0 Å². The summed E-state index contributed by atoms with van der Waals surface area (Å²) in [7, 11) is 0. The fourth-order valence-corrected chi connectivity index (χ4v) is 7.64. The van der Waals surface area contributed by atoms with Crippen LogP contribution in [0.4, 0.5) is 0 Å². The molecule has 0 bridgehead atoms. The molecule has 1 saturated heterocycles. The van der Waals surface area contributed by atoms with Crippen LogP contribution < -0.4 is 4.46 Å². The number of aliphatic hydroxyl groups is 1. The molecule has 25 heavy (non-hydrogen) atoms. The second kappa shape index (κ2) is 6.26. The number of rotatable bonds is 2. The normalized spacial score (nSPS) is 40.5. The number of carbonyl (C=O) groups excluding carboxylic acids is 1. The van der Waals surface area contributed by atoms with Gasteiger partial charge in [0.05, 0.1) is 0 Å². The Balaban J connectivity index is 1.63. The van der Waals surface area contributed by atoms with E-state index in [0.717, 1.165) is 19.3 Å². The Labute approximate surface area is 156 Å². The van der Waals surface area contributed by atoms with Crippen LogP contribution in [0, 0.1) is 17.8 Å². The zero-order chi connectivity index (χ0) is 17.8. The van der Waals surface area contributed by atoms with Crippen LogP contribution in [-0.2, 0) is 9.53 Å². The summed E-state index contributed by atoms with van der Waals surface area (Å²) in [5.41, 5.74) is 2.07. The first-order chi connectivity index (χ1) is 11.9. The summed E-state index contributed by atoms with van der Waals surface area (Å²) in [5.74, 6) is 0.287. The zero-order valence-electron chi connectivity index (χ0n) is 15.1. The van der Waals surface area contributed by atoms with Crippen molar-refractivity contribution >= 4 is 25.4 Å². The molecule has 1 N–H and O–H groups in total. The van der Waals surface area contributed by atoms with E-state index in [1.165, 1.54) is 15.6 Å². The van der Waals surface area contributed by atoms with Crippen molar-refractivity contribution in [3.63, 3.8) is 0 Å². The van der Waals surface area contributed by atoms with Gasteiger partial charge >= 0.3 is 156 Å². The summed E-state index contributed by atoms with van der Waals surface area (Å²) in [6, 6.07) is 10.6. The van der Waals surface area contributed by atoms with Gasteiger partial charge < -0.3 is 0 Å². The number of ether oxygens (including phenoxy) is 1. The summed E-state index contributed by atoms with van der Waals surface area (Å²) in [5, 5.41) is 11.5. The minimum absolute atomic E-state index is 0.00878. The molecular formula is C21H26O3Se. The van der Waals surface area contributed by atoms with Crippen LogP contribution in [0.25, 0.3) is 0 Å². The van der Waals surface area contributed by atoms with Gasteiger partial charge in [0.15, 0.2) is 0 Å². The van der Waals surface area contributed by atoms with Gasteiger partial charge in [-0.3, -0.25) is 0 Å². The molecule has 1 saturated carbocycles. The van der Waals surface area contributed by atoms with Crippen molar-refractivity contribution in [2.24, 2.45) is 17.8 Å². The SMILES string of the molecule is CC1=C2C[C@H]([Se]c3ccccc3)[C@@](C)(O)[C@@H]2C[C@H]2[C@H](C1)OC(=O)[C@H]2C. The molecule has 0 aromatic heterocycles. The first kappa shape index (κ1) is 17.3. The van der Waals surface area contributed by atoms with E-state index in [4.69, 9.17) is 4.74 Å². The molecule has 0 spiro atoms. The molecule has 0 radical (unpaired) electrons. The summed E-state index contributed by atoms with van der Waals surface area (Å²) in [4.78, 5) is 12.3. The molecule has 3 aliphatic rings. The minimum atomic E-state index is -0.702. The monoisotopic (exact) mass is 406 g/mol. The third-order valence-electron chi connectivity index (χ3n) is 6.53. The maximum absolute atomic E-state index is 12.0. The second-order valence-electron chi connectivity index (χ2n) is 8.08.